The molecule has 2 aliphatic heterocycles. The van der Waals surface area contributed by atoms with Crippen LogP contribution < -0.4 is 10.6 Å². The summed E-state index contributed by atoms with van der Waals surface area (Å²) in [7, 11) is -2.95. The van der Waals surface area contributed by atoms with Gasteiger partial charge in [0.2, 0.25) is 0 Å². The monoisotopic (exact) mass is 407 g/mol. The highest BCUT2D eigenvalue weighted by molar-refractivity contribution is 8.15. The van der Waals surface area contributed by atoms with Crippen LogP contribution in [0.3, 0.4) is 0 Å². The van der Waals surface area contributed by atoms with E-state index in [0.29, 0.717) is 5.56 Å². The minimum Gasteiger partial charge on any atom is -0.349 e. The van der Waals surface area contributed by atoms with Gasteiger partial charge in [-0.15, -0.1) is 0 Å². The van der Waals surface area contributed by atoms with Gasteiger partial charge in [0.05, 0.1) is 17.5 Å². The van der Waals surface area contributed by atoms with Crippen LogP contribution >= 0.6 is 11.8 Å². The maximum Gasteiger partial charge on any atom is 0.251 e. The number of benzene rings is 1. The molecule has 146 valence electrons. The largest absolute Gasteiger partial charge is 0.349 e. The number of sulfone groups is 1. The van der Waals surface area contributed by atoms with E-state index in [1.54, 1.807) is 0 Å². The third-order valence-electron chi connectivity index (χ3n) is 5.55. The van der Waals surface area contributed by atoms with Crippen LogP contribution in [-0.4, -0.2) is 48.3 Å². The number of aliphatic imine (C=N–C) groups is 1. The Hall–Kier alpha value is -1.54. The Morgan fingerprint density at radius 3 is 2.70 bits per heavy atom. The number of thioether (sulfide) groups is 1. The zero-order valence-electron chi connectivity index (χ0n) is 15.3. The Balaban J connectivity index is 1.37. The minimum absolute atomic E-state index is 0.0117. The number of carbonyl (C=O) groups excluding carboxylic acids is 1. The summed E-state index contributed by atoms with van der Waals surface area (Å²) in [5, 5.41) is 7.14. The van der Waals surface area contributed by atoms with Gasteiger partial charge in [-0.25, -0.2) is 8.42 Å². The molecule has 0 radical (unpaired) electrons. The Kier molecular flexibility index (Phi) is 5.20. The summed E-state index contributed by atoms with van der Waals surface area (Å²) in [6.45, 7) is 2.26. The summed E-state index contributed by atoms with van der Waals surface area (Å²) in [5.41, 5.74) is 1.43. The van der Waals surface area contributed by atoms with E-state index in [9.17, 15) is 13.2 Å². The summed E-state index contributed by atoms with van der Waals surface area (Å²) in [5.74, 6) is 1.05. The number of nitrogens with zero attached hydrogens (tertiary/aromatic N) is 1. The van der Waals surface area contributed by atoms with E-state index in [0.717, 1.165) is 29.6 Å². The highest BCUT2D eigenvalue weighted by atomic mass is 32.2. The second-order valence-electron chi connectivity index (χ2n) is 7.87. The van der Waals surface area contributed by atoms with E-state index < -0.39 is 9.84 Å². The standard InChI is InChI=1S/C19H25N3O3S2/c1-12-5-7-14(8-6-12)20-18(23)13-3-2-4-15(9-13)21-19-22-16-10-27(24,25)11-17(16)26-19/h2-4,9,12,14,16-17H,5-8,10-11H2,1H3,(H,20,23)(H,21,22)/t12?,14?,16-,17+/m1/s1. The van der Waals surface area contributed by atoms with Gasteiger partial charge in [0.25, 0.3) is 5.91 Å². The molecule has 1 aromatic rings. The van der Waals surface area contributed by atoms with Gasteiger partial charge in [-0.1, -0.05) is 24.8 Å². The lowest BCUT2D eigenvalue weighted by molar-refractivity contribution is 0.0923. The number of carbonyl (C=O) groups is 1. The molecule has 0 aromatic heterocycles. The third kappa shape index (κ3) is 4.48. The second-order valence-corrected chi connectivity index (χ2v) is 11.3. The molecule has 2 fully saturated rings. The minimum atomic E-state index is -2.95. The molecule has 1 saturated heterocycles. The molecule has 2 N–H and O–H groups in total. The quantitative estimate of drug-likeness (QED) is 0.804. The van der Waals surface area contributed by atoms with Crippen LogP contribution in [0.25, 0.3) is 0 Å². The predicted molar refractivity (Wildman–Crippen MR) is 110 cm³/mol. The Bertz CT molecular complexity index is 861. The maximum absolute atomic E-state index is 12.6. The van der Waals surface area contributed by atoms with Crippen molar-refractivity contribution in [2.45, 2.75) is 49.9 Å². The average Bonchev–Trinajstić information content (AvgIpc) is 3.09. The molecule has 27 heavy (non-hydrogen) atoms. The van der Waals surface area contributed by atoms with Gasteiger partial charge in [0.1, 0.15) is 0 Å². The van der Waals surface area contributed by atoms with Gasteiger partial charge < -0.3 is 10.6 Å². The summed E-state index contributed by atoms with van der Waals surface area (Å²) in [4.78, 5) is 17.1. The molecule has 2 heterocycles. The summed E-state index contributed by atoms with van der Waals surface area (Å²) in [6, 6.07) is 7.51. The summed E-state index contributed by atoms with van der Waals surface area (Å²) < 4.78 is 23.3. The van der Waals surface area contributed by atoms with Gasteiger partial charge in [-0.3, -0.25) is 9.79 Å². The van der Waals surface area contributed by atoms with Crippen LogP contribution in [0.5, 0.6) is 0 Å². The smallest absolute Gasteiger partial charge is 0.251 e. The molecule has 1 aliphatic carbocycles. The number of amides is 1. The van der Waals surface area contributed by atoms with E-state index in [1.165, 1.54) is 24.6 Å². The van der Waals surface area contributed by atoms with Crippen molar-refractivity contribution < 1.29 is 13.2 Å². The van der Waals surface area contributed by atoms with Crippen molar-refractivity contribution in [3.63, 3.8) is 0 Å². The molecular formula is C19H25N3O3S2. The zero-order valence-corrected chi connectivity index (χ0v) is 17.0. The van der Waals surface area contributed by atoms with Crippen LogP contribution in [0.15, 0.2) is 29.3 Å². The third-order valence-corrected chi connectivity index (χ3v) is 8.69. The van der Waals surface area contributed by atoms with Crippen molar-refractivity contribution in [1.29, 1.82) is 0 Å². The van der Waals surface area contributed by atoms with Crippen molar-refractivity contribution in [3.8, 4) is 0 Å². The first-order valence-electron chi connectivity index (χ1n) is 9.51. The molecule has 6 nitrogen and oxygen atoms in total. The van der Waals surface area contributed by atoms with Crippen LogP contribution in [0.1, 0.15) is 43.0 Å². The number of rotatable bonds is 3. The highest BCUT2D eigenvalue weighted by Crippen LogP contribution is 2.34. The lowest BCUT2D eigenvalue weighted by atomic mass is 9.87. The molecule has 4 rings (SSSR count). The SMILES string of the molecule is CC1CCC(NC(=O)c2cccc(NC3=N[C@@H]4CS(=O)(=O)C[C@@H]4S3)c2)CC1. The van der Waals surface area contributed by atoms with Gasteiger partial charge in [-0.05, 0) is 49.8 Å². The van der Waals surface area contributed by atoms with E-state index in [-0.39, 0.29) is 34.7 Å². The van der Waals surface area contributed by atoms with Crippen molar-refractivity contribution in [3.05, 3.63) is 29.8 Å². The van der Waals surface area contributed by atoms with Crippen molar-refractivity contribution in [2.24, 2.45) is 10.9 Å². The van der Waals surface area contributed by atoms with E-state index >= 15 is 0 Å². The fraction of sp³-hybridized carbons (Fsp3) is 0.579. The number of fused-ring (bicyclic) bond motifs is 1. The van der Waals surface area contributed by atoms with Gasteiger partial charge >= 0.3 is 0 Å². The molecule has 2 atom stereocenters. The van der Waals surface area contributed by atoms with E-state index in [4.69, 9.17) is 0 Å². The average molecular weight is 408 g/mol. The topological polar surface area (TPSA) is 87.6 Å². The van der Waals surface area contributed by atoms with Gasteiger partial charge in [0, 0.05) is 22.5 Å². The molecule has 1 saturated carbocycles. The molecule has 1 amide bonds. The lowest BCUT2D eigenvalue weighted by Gasteiger charge is -2.27. The number of amidine groups is 1. The van der Waals surface area contributed by atoms with Crippen LogP contribution in [0, 0.1) is 5.92 Å². The van der Waals surface area contributed by atoms with E-state index in [2.05, 4.69) is 22.5 Å². The molecule has 8 heteroatoms. The first-order valence-corrected chi connectivity index (χ1v) is 12.2. The van der Waals surface area contributed by atoms with Crippen molar-refractivity contribution in [1.82, 2.24) is 5.32 Å². The fourth-order valence-electron chi connectivity index (χ4n) is 3.95. The second kappa shape index (κ2) is 7.47. The van der Waals surface area contributed by atoms with Crippen LogP contribution in [0.2, 0.25) is 0 Å². The highest BCUT2D eigenvalue weighted by Gasteiger charge is 2.42. The molecule has 0 unspecified atom stereocenters. The molecule has 3 aliphatic rings. The number of hydrogen-bond acceptors (Lipinski definition) is 6. The van der Waals surface area contributed by atoms with Crippen molar-refractivity contribution in [2.75, 3.05) is 16.8 Å². The molecular weight excluding hydrogens is 382 g/mol. The first kappa shape index (κ1) is 18.8. The van der Waals surface area contributed by atoms with Gasteiger partial charge in [0.15, 0.2) is 15.0 Å². The fourth-order valence-corrected chi connectivity index (χ4v) is 7.63. The molecule has 0 bridgehead atoms. The van der Waals surface area contributed by atoms with Crippen LogP contribution in [-0.2, 0) is 9.84 Å². The Morgan fingerprint density at radius 1 is 1.19 bits per heavy atom. The summed E-state index contributed by atoms with van der Waals surface area (Å²) in [6.07, 6.45) is 4.43. The zero-order chi connectivity index (χ0) is 19.0. The van der Waals surface area contributed by atoms with Gasteiger partial charge in [-0.2, -0.15) is 0 Å². The molecule has 0 spiro atoms. The van der Waals surface area contributed by atoms with Crippen LogP contribution in [0.4, 0.5) is 5.69 Å². The Labute approximate surface area is 164 Å². The molecule has 1 aromatic carbocycles. The maximum atomic E-state index is 12.6. The number of anilines is 1. The normalized spacial score (nSPS) is 31.8. The van der Waals surface area contributed by atoms with Crippen molar-refractivity contribution >= 4 is 38.4 Å². The Morgan fingerprint density at radius 2 is 1.96 bits per heavy atom. The van der Waals surface area contributed by atoms with E-state index in [1.807, 2.05) is 24.3 Å². The predicted octanol–water partition coefficient (Wildman–Crippen LogP) is 2.68. The summed E-state index contributed by atoms with van der Waals surface area (Å²) >= 11 is 1.48. The first-order chi connectivity index (χ1) is 12.9. The lowest BCUT2D eigenvalue weighted by Crippen LogP contribution is -2.37. The number of hydrogen-bond donors (Lipinski definition) is 2. The number of nitrogens with one attached hydrogen (secondary N) is 2.